The summed E-state index contributed by atoms with van der Waals surface area (Å²) in [6, 6.07) is 7.93. The number of hydrazine groups is 1. The number of rotatable bonds is 1. The van der Waals surface area contributed by atoms with Crippen LogP contribution in [-0.2, 0) is 0 Å². The van der Waals surface area contributed by atoms with E-state index in [0.717, 1.165) is 11.2 Å². The zero-order valence-electron chi connectivity index (χ0n) is 7.41. The molecule has 0 atom stereocenters. The average Bonchev–Trinajstić information content (AvgIpc) is 2.18. The molecule has 2 aromatic rings. The minimum absolute atomic E-state index is 0.892. The van der Waals surface area contributed by atoms with Crippen LogP contribution in [0.25, 0.3) is 10.9 Å². The first-order chi connectivity index (χ1) is 6.31. The molecule has 0 unspecified atom stereocenters. The molecule has 3 N–H and O–H groups in total. The lowest BCUT2D eigenvalue weighted by atomic mass is 10.1. The number of nitrogens with zero attached hydrogens (tertiary/aromatic N) is 1. The second kappa shape index (κ2) is 3.03. The Kier molecular flexibility index (Phi) is 1.87. The summed E-state index contributed by atoms with van der Waals surface area (Å²) in [6.45, 7) is 2.05. The van der Waals surface area contributed by atoms with Gasteiger partial charge in [0.2, 0.25) is 0 Å². The Hall–Kier alpha value is -1.61. The lowest BCUT2D eigenvalue weighted by Crippen LogP contribution is -2.06. The number of nitrogen functional groups attached to an aromatic ring is 1. The van der Waals surface area contributed by atoms with Crippen LogP contribution in [0.5, 0.6) is 0 Å². The lowest BCUT2D eigenvalue weighted by Gasteiger charge is -2.04. The number of benzene rings is 1. The summed E-state index contributed by atoms with van der Waals surface area (Å²) in [5.41, 5.74) is 5.66. The topological polar surface area (TPSA) is 50.9 Å². The van der Waals surface area contributed by atoms with Crippen LogP contribution in [0.1, 0.15) is 5.56 Å². The molecule has 0 aliphatic heterocycles. The number of nitrogens with two attached hydrogens (primary N) is 1. The van der Waals surface area contributed by atoms with E-state index in [4.69, 9.17) is 5.84 Å². The highest BCUT2D eigenvalue weighted by molar-refractivity contribution is 5.85. The summed E-state index contributed by atoms with van der Waals surface area (Å²) in [4.78, 5) is 4.26. The van der Waals surface area contributed by atoms with Crippen LogP contribution >= 0.6 is 0 Å². The molecule has 2 rings (SSSR count). The van der Waals surface area contributed by atoms with E-state index in [1.165, 1.54) is 10.9 Å². The van der Waals surface area contributed by atoms with Gasteiger partial charge >= 0.3 is 0 Å². The van der Waals surface area contributed by atoms with E-state index in [2.05, 4.69) is 16.5 Å². The van der Waals surface area contributed by atoms with Gasteiger partial charge in [-0.2, -0.15) is 0 Å². The molecule has 0 amide bonds. The number of fused-ring (bicyclic) bond motifs is 1. The minimum Gasteiger partial charge on any atom is -0.324 e. The predicted molar refractivity (Wildman–Crippen MR) is 54.3 cm³/mol. The normalized spacial score (nSPS) is 10.3. The fraction of sp³-hybridized carbons (Fsp3) is 0.100. The maximum absolute atomic E-state index is 5.33. The third-order valence-corrected chi connectivity index (χ3v) is 2.09. The Morgan fingerprint density at radius 3 is 3.00 bits per heavy atom. The number of pyridine rings is 1. The molecule has 66 valence electrons. The van der Waals surface area contributed by atoms with Gasteiger partial charge in [-0.05, 0) is 30.7 Å². The molecule has 1 aromatic heterocycles. The molecule has 0 fully saturated rings. The van der Waals surface area contributed by atoms with Crippen molar-refractivity contribution in [2.75, 3.05) is 5.43 Å². The van der Waals surface area contributed by atoms with E-state index in [1.54, 1.807) is 6.20 Å². The van der Waals surface area contributed by atoms with Crippen molar-refractivity contribution in [1.29, 1.82) is 0 Å². The van der Waals surface area contributed by atoms with E-state index in [9.17, 15) is 0 Å². The molecule has 1 heterocycles. The minimum atomic E-state index is 0.892. The van der Waals surface area contributed by atoms with E-state index < -0.39 is 0 Å². The number of hydrogen-bond acceptors (Lipinski definition) is 3. The quantitative estimate of drug-likeness (QED) is 0.511. The van der Waals surface area contributed by atoms with Crippen molar-refractivity contribution in [3.63, 3.8) is 0 Å². The molecule has 13 heavy (non-hydrogen) atoms. The van der Waals surface area contributed by atoms with Gasteiger partial charge in [0.1, 0.15) is 0 Å². The van der Waals surface area contributed by atoms with Gasteiger partial charge in [-0.1, -0.05) is 6.07 Å². The average molecular weight is 173 g/mol. The van der Waals surface area contributed by atoms with E-state index >= 15 is 0 Å². The number of hydrogen-bond donors (Lipinski definition) is 2. The molecule has 3 nitrogen and oxygen atoms in total. The second-order valence-corrected chi connectivity index (χ2v) is 3.01. The summed E-state index contributed by atoms with van der Waals surface area (Å²) in [5.74, 6) is 5.33. The van der Waals surface area contributed by atoms with E-state index in [1.807, 2.05) is 25.1 Å². The van der Waals surface area contributed by atoms with Crippen LogP contribution in [0.4, 0.5) is 5.69 Å². The maximum atomic E-state index is 5.33. The van der Waals surface area contributed by atoms with Gasteiger partial charge in [0.25, 0.3) is 0 Å². The Bertz CT molecular complexity index is 437. The first kappa shape index (κ1) is 8.01. The summed E-state index contributed by atoms with van der Waals surface area (Å²) in [5, 5.41) is 1.17. The predicted octanol–water partition coefficient (Wildman–Crippen LogP) is 1.83. The summed E-state index contributed by atoms with van der Waals surface area (Å²) in [6.07, 6.45) is 1.78. The zero-order valence-corrected chi connectivity index (χ0v) is 7.41. The molecule has 0 bridgehead atoms. The molecule has 0 saturated heterocycles. The molecule has 0 radical (unpaired) electrons. The summed E-state index contributed by atoms with van der Waals surface area (Å²) in [7, 11) is 0. The molecule has 1 aromatic carbocycles. The van der Waals surface area contributed by atoms with Gasteiger partial charge in [-0.3, -0.25) is 10.8 Å². The highest BCUT2D eigenvalue weighted by Gasteiger charge is 1.99. The monoisotopic (exact) mass is 173 g/mol. The molecule has 0 spiro atoms. The van der Waals surface area contributed by atoms with Gasteiger partial charge in [0.05, 0.1) is 11.2 Å². The molecule has 3 heteroatoms. The van der Waals surface area contributed by atoms with Gasteiger partial charge in [-0.15, -0.1) is 0 Å². The van der Waals surface area contributed by atoms with Gasteiger partial charge in [-0.25, -0.2) is 0 Å². The van der Waals surface area contributed by atoms with Crippen molar-refractivity contribution in [1.82, 2.24) is 4.98 Å². The molecule has 0 aliphatic carbocycles. The van der Waals surface area contributed by atoms with Crippen molar-refractivity contribution in [3.05, 3.63) is 36.0 Å². The van der Waals surface area contributed by atoms with Crippen molar-refractivity contribution < 1.29 is 0 Å². The third-order valence-electron chi connectivity index (χ3n) is 2.09. The maximum Gasteiger partial charge on any atom is 0.0725 e. The van der Waals surface area contributed by atoms with Crippen molar-refractivity contribution in [2.45, 2.75) is 6.92 Å². The van der Waals surface area contributed by atoms with Gasteiger partial charge in [0, 0.05) is 11.6 Å². The first-order valence-electron chi connectivity index (χ1n) is 4.13. The highest BCUT2D eigenvalue weighted by Crippen LogP contribution is 2.20. The van der Waals surface area contributed by atoms with Crippen molar-refractivity contribution in [2.24, 2.45) is 5.84 Å². The van der Waals surface area contributed by atoms with Crippen molar-refractivity contribution >= 4 is 16.6 Å². The number of aromatic nitrogens is 1. The Labute approximate surface area is 76.6 Å². The fourth-order valence-electron chi connectivity index (χ4n) is 1.45. The van der Waals surface area contributed by atoms with Gasteiger partial charge in [0.15, 0.2) is 0 Å². The van der Waals surface area contributed by atoms with Crippen LogP contribution in [0.15, 0.2) is 30.5 Å². The Morgan fingerprint density at radius 2 is 2.23 bits per heavy atom. The van der Waals surface area contributed by atoms with Gasteiger partial charge < -0.3 is 5.43 Å². The van der Waals surface area contributed by atoms with Crippen LogP contribution in [0.2, 0.25) is 0 Å². The first-order valence-corrected chi connectivity index (χ1v) is 4.13. The molecular weight excluding hydrogens is 162 g/mol. The fourth-order valence-corrected chi connectivity index (χ4v) is 1.45. The van der Waals surface area contributed by atoms with E-state index in [0.29, 0.717) is 0 Å². The Morgan fingerprint density at radius 1 is 1.38 bits per heavy atom. The smallest absolute Gasteiger partial charge is 0.0725 e. The molecule has 0 aliphatic rings. The largest absolute Gasteiger partial charge is 0.324 e. The van der Waals surface area contributed by atoms with Crippen molar-refractivity contribution in [3.8, 4) is 0 Å². The number of nitrogens with one attached hydrogen (secondary N) is 1. The number of aryl methyl sites for hydroxylation is 1. The molecule has 0 saturated carbocycles. The number of anilines is 1. The lowest BCUT2D eigenvalue weighted by molar-refractivity contribution is 1.33. The van der Waals surface area contributed by atoms with Crippen LogP contribution < -0.4 is 11.3 Å². The second-order valence-electron chi connectivity index (χ2n) is 3.01. The third kappa shape index (κ3) is 1.34. The Balaban J connectivity index is 2.77. The molecular formula is C10H11N3. The highest BCUT2D eigenvalue weighted by atomic mass is 15.2. The summed E-state index contributed by atoms with van der Waals surface area (Å²) >= 11 is 0. The van der Waals surface area contributed by atoms with Crippen LogP contribution in [-0.4, -0.2) is 4.98 Å². The SMILES string of the molecule is Cc1cc(NN)cc2ncccc12. The van der Waals surface area contributed by atoms with E-state index in [-0.39, 0.29) is 0 Å². The van der Waals surface area contributed by atoms with Crippen LogP contribution in [0, 0.1) is 6.92 Å². The standard InChI is InChI=1S/C10H11N3/c1-7-5-8(13-11)6-10-9(7)3-2-4-12-10/h2-6,13H,11H2,1H3. The summed E-state index contributed by atoms with van der Waals surface area (Å²) < 4.78 is 0. The zero-order chi connectivity index (χ0) is 9.26. The van der Waals surface area contributed by atoms with Crippen LogP contribution in [0.3, 0.4) is 0 Å².